The van der Waals surface area contributed by atoms with E-state index < -0.39 is 39.3 Å². The molecule has 12 heteroatoms. The maximum atomic E-state index is 13.4. The molecule has 2 amide bonds. The predicted octanol–water partition coefficient (Wildman–Crippen LogP) is 1.92. The maximum Gasteiger partial charge on any atom is 0.271 e. The second-order valence-electron chi connectivity index (χ2n) is 7.46. The van der Waals surface area contributed by atoms with Gasteiger partial charge in [-0.2, -0.15) is 0 Å². The minimum atomic E-state index is -3.99. The number of nitro benzene ring substituents is 1. The van der Waals surface area contributed by atoms with Crippen LogP contribution in [-0.2, 0) is 26.2 Å². The quantitative estimate of drug-likeness (QED) is 0.373. The molecule has 0 aromatic heterocycles. The van der Waals surface area contributed by atoms with E-state index in [4.69, 9.17) is 4.74 Å². The number of benzene rings is 2. The van der Waals surface area contributed by atoms with Gasteiger partial charge in [0.25, 0.3) is 5.69 Å². The Bertz CT molecular complexity index is 1150. The highest BCUT2D eigenvalue weighted by atomic mass is 32.2. The zero-order valence-electron chi connectivity index (χ0n) is 19.4. The largest absolute Gasteiger partial charge is 0.497 e. The van der Waals surface area contributed by atoms with E-state index in [1.807, 2.05) is 0 Å². The molecule has 34 heavy (non-hydrogen) atoms. The molecule has 1 unspecified atom stereocenters. The van der Waals surface area contributed by atoms with E-state index in [0.717, 1.165) is 16.6 Å². The van der Waals surface area contributed by atoms with Crippen molar-refractivity contribution >= 4 is 33.2 Å². The molecule has 0 aliphatic heterocycles. The number of amides is 2. The number of nitrogens with zero attached hydrogens (tertiary/aromatic N) is 3. The van der Waals surface area contributed by atoms with Crippen LogP contribution in [0.2, 0.25) is 0 Å². The Balaban J connectivity index is 2.47. The monoisotopic (exact) mass is 492 g/mol. The van der Waals surface area contributed by atoms with Crippen molar-refractivity contribution in [1.82, 2.24) is 10.2 Å². The van der Waals surface area contributed by atoms with Gasteiger partial charge in [-0.15, -0.1) is 0 Å². The summed E-state index contributed by atoms with van der Waals surface area (Å²) in [6, 6.07) is 11.1. The fourth-order valence-electron chi connectivity index (χ4n) is 3.43. The summed E-state index contributed by atoms with van der Waals surface area (Å²) in [7, 11) is -1.03. The number of carbonyl (C=O) groups is 2. The van der Waals surface area contributed by atoms with Crippen molar-refractivity contribution < 1.29 is 27.7 Å². The lowest BCUT2D eigenvalue weighted by Gasteiger charge is -2.32. The van der Waals surface area contributed by atoms with Gasteiger partial charge in [0.1, 0.15) is 18.3 Å². The predicted molar refractivity (Wildman–Crippen MR) is 127 cm³/mol. The van der Waals surface area contributed by atoms with Crippen LogP contribution in [0.5, 0.6) is 5.75 Å². The average molecular weight is 493 g/mol. The number of hydrogen-bond donors (Lipinski definition) is 1. The minimum Gasteiger partial charge on any atom is -0.497 e. The first kappa shape index (κ1) is 26.6. The van der Waals surface area contributed by atoms with Gasteiger partial charge in [-0.25, -0.2) is 8.42 Å². The number of nitrogens with one attached hydrogen (secondary N) is 1. The first-order valence-electron chi connectivity index (χ1n) is 10.4. The molecule has 2 aromatic rings. The Labute approximate surface area is 198 Å². The number of hydrogen-bond acceptors (Lipinski definition) is 7. The van der Waals surface area contributed by atoms with Gasteiger partial charge in [0.05, 0.1) is 24.0 Å². The van der Waals surface area contributed by atoms with Crippen LogP contribution in [0.15, 0.2) is 48.5 Å². The van der Waals surface area contributed by atoms with Crippen LogP contribution in [-0.4, -0.2) is 63.1 Å². The molecule has 2 rings (SSSR count). The van der Waals surface area contributed by atoms with E-state index >= 15 is 0 Å². The normalized spacial score (nSPS) is 11.9. The third kappa shape index (κ3) is 6.67. The molecule has 0 radical (unpaired) electrons. The Morgan fingerprint density at radius 3 is 2.41 bits per heavy atom. The summed E-state index contributed by atoms with van der Waals surface area (Å²) in [5.74, 6) is -0.484. The lowest BCUT2D eigenvalue weighted by atomic mass is 10.1. The first-order chi connectivity index (χ1) is 16.0. The topological polar surface area (TPSA) is 139 Å². The molecule has 0 aliphatic rings. The molecule has 0 bridgehead atoms. The molecule has 11 nitrogen and oxygen atoms in total. The SMILES string of the molecule is CCC(C(=O)NC)N(Cc1cccc(OC)c1)C(=O)CN(c1cccc([N+](=O)[O-])c1)S(C)(=O)=O. The number of nitro groups is 1. The molecule has 184 valence electrons. The molecular weight excluding hydrogens is 464 g/mol. The zero-order chi connectivity index (χ0) is 25.5. The van der Waals surface area contributed by atoms with Gasteiger partial charge < -0.3 is 15.0 Å². The van der Waals surface area contributed by atoms with E-state index in [9.17, 15) is 28.1 Å². The van der Waals surface area contributed by atoms with Crippen LogP contribution in [0.1, 0.15) is 18.9 Å². The van der Waals surface area contributed by atoms with E-state index in [-0.39, 0.29) is 24.3 Å². The number of carbonyl (C=O) groups excluding carboxylic acids is 2. The van der Waals surface area contributed by atoms with Crippen molar-refractivity contribution in [3.05, 3.63) is 64.2 Å². The molecule has 0 fully saturated rings. The fourth-order valence-corrected chi connectivity index (χ4v) is 4.27. The summed E-state index contributed by atoms with van der Waals surface area (Å²) in [5.41, 5.74) is 0.333. The summed E-state index contributed by atoms with van der Waals surface area (Å²) in [6.07, 6.45) is 1.19. The standard InChI is InChI=1S/C22H28N4O7S/c1-5-20(22(28)23-2)24(14-16-8-6-11-19(12-16)33-3)21(27)15-25(34(4,31)32)17-9-7-10-18(13-17)26(29)30/h6-13,20H,5,14-15H2,1-4H3,(H,23,28). The Hall–Kier alpha value is -3.67. The molecule has 0 saturated heterocycles. The summed E-state index contributed by atoms with van der Waals surface area (Å²) in [5, 5.41) is 13.7. The van der Waals surface area contributed by atoms with Crippen LogP contribution in [0.3, 0.4) is 0 Å². The molecule has 2 aromatic carbocycles. The van der Waals surface area contributed by atoms with Crippen LogP contribution in [0.4, 0.5) is 11.4 Å². The first-order valence-corrected chi connectivity index (χ1v) is 12.2. The van der Waals surface area contributed by atoms with E-state index in [1.165, 1.54) is 37.3 Å². The Kier molecular flexibility index (Phi) is 8.96. The minimum absolute atomic E-state index is 0.0223. The van der Waals surface area contributed by atoms with Crippen LogP contribution in [0, 0.1) is 10.1 Å². The summed E-state index contributed by atoms with van der Waals surface area (Å²) in [4.78, 5) is 37.8. The molecule has 0 saturated carbocycles. The average Bonchev–Trinajstić information content (AvgIpc) is 2.81. The van der Waals surface area contributed by atoms with Gasteiger partial charge in [-0.05, 0) is 30.2 Å². The molecular formula is C22H28N4O7S. The van der Waals surface area contributed by atoms with Gasteiger partial charge in [-0.1, -0.05) is 25.1 Å². The van der Waals surface area contributed by atoms with Gasteiger partial charge in [-0.3, -0.25) is 24.0 Å². The van der Waals surface area contributed by atoms with Crippen LogP contribution < -0.4 is 14.4 Å². The molecule has 1 atom stereocenters. The summed E-state index contributed by atoms with van der Waals surface area (Å²) >= 11 is 0. The van der Waals surface area contributed by atoms with Crippen molar-refractivity contribution in [3.8, 4) is 5.75 Å². The molecule has 0 spiro atoms. The summed E-state index contributed by atoms with van der Waals surface area (Å²) < 4.78 is 31.1. The van der Waals surface area contributed by atoms with Crippen molar-refractivity contribution in [2.75, 3.05) is 31.3 Å². The van der Waals surface area contributed by atoms with Gasteiger partial charge in [0.2, 0.25) is 21.8 Å². The van der Waals surface area contributed by atoms with E-state index in [2.05, 4.69) is 5.32 Å². The van der Waals surface area contributed by atoms with Gasteiger partial charge >= 0.3 is 0 Å². The second-order valence-corrected chi connectivity index (χ2v) is 9.36. The molecule has 0 aliphatic carbocycles. The zero-order valence-corrected chi connectivity index (χ0v) is 20.2. The Morgan fingerprint density at radius 2 is 1.85 bits per heavy atom. The van der Waals surface area contributed by atoms with Crippen molar-refractivity contribution in [1.29, 1.82) is 0 Å². The third-order valence-corrected chi connectivity index (χ3v) is 6.27. The number of rotatable bonds is 11. The summed E-state index contributed by atoms with van der Waals surface area (Å²) in [6.45, 7) is 1.12. The van der Waals surface area contributed by atoms with Crippen molar-refractivity contribution in [3.63, 3.8) is 0 Å². The van der Waals surface area contributed by atoms with E-state index in [0.29, 0.717) is 11.3 Å². The van der Waals surface area contributed by atoms with Crippen LogP contribution in [0.25, 0.3) is 0 Å². The van der Waals surface area contributed by atoms with Gasteiger partial charge in [0, 0.05) is 25.7 Å². The number of methoxy groups -OCH3 is 1. The molecule has 1 N–H and O–H groups in total. The maximum absolute atomic E-state index is 13.4. The van der Waals surface area contributed by atoms with Crippen LogP contribution >= 0.6 is 0 Å². The number of sulfonamides is 1. The fraction of sp³-hybridized carbons (Fsp3) is 0.364. The highest BCUT2D eigenvalue weighted by Gasteiger charge is 2.31. The Morgan fingerprint density at radius 1 is 1.18 bits per heavy atom. The highest BCUT2D eigenvalue weighted by molar-refractivity contribution is 7.92. The smallest absolute Gasteiger partial charge is 0.271 e. The molecule has 0 heterocycles. The highest BCUT2D eigenvalue weighted by Crippen LogP contribution is 2.24. The lowest BCUT2D eigenvalue weighted by molar-refractivity contribution is -0.384. The number of non-ortho nitro benzene ring substituents is 1. The van der Waals surface area contributed by atoms with Gasteiger partial charge in [0.15, 0.2) is 0 Å². The number of anilines is 1. The van der Waals surface area contributed by atoms with Crippen molar-refractivity contribution in [2.24, 2.45) is 0 Å². The lowest BCUT2D eigenvalue weighted by Crippen LogP contribution is -2.51. The number of ether oxygens (including phenoxy) is 1. The number of likely N-dealkylation sites (N-methyl/N-ethyl adjacent to an activating group) is 1. The van der Waals surface area contributed by atoms with E-state index in [1.54, 1.807) is 31.2 Å². The third-order valence-electron chi connectivity index (χ3n) is 5.13. The second kappa shape index (κ2) is 11.5. The van der Waals surface area contributed by atoms with Crippen molar-refractivity contribution in [2.45, 2.75) is 25.9 Å².